The zero-order chi connectivity index (χ0) is 21.0. The summed E-state index contributed by atoms with van der Waals surface area (Å²) >= 11 is 0. The van der Waals surface area contributed by atoms with Crippen molar-refractivity contribution in [2.75, 3.05) is 26.4 Å². The van der Waals surface area contributed by atoms with Gasteiger partial charge in [-0.05, 0) is 27.7 Å². The number of esters is 2. The van der Waals surface area contributed by atoms with Crippen molar-refractivity contribution in [3.63, 3.8) is 0 Å². The van der Waals surface area contributed by atoms with E-state index in [1.165, 1.54) is 13.8 Å². The summed E-state index contributed by atoms with van der Waals surface area (Å²) in [6, 6.07) is 0. The molecule has 0 aromatic rings. The Morgan fingerprint density at radius 1 is 0.731 bits per heavy atom. The van der Waals surface area contributed by atoms with Crippen molar-refractivity contribution in [1.29, 1.82) is 0 Å². The van der Waals surface area contributed by atoms with Gasteiger partial charge in [0.25, 0.3) is 0 Å². The summed E-state index contributed by atoms with van der Waals surface area (Å²) in [6.45, 7) is 8.51. The minimum atomic E-state index is -0.954. The van der Waals surface area contributed by atoms with Gasteiger partial charge < -0.3 is 19.7 Å². The quantitative estimate of drug-likeness (QED) is 0.542. The molecule has 8 heteroatoms. The Hall–Kier alpha value is -1.80. The van der Waals surface area contributed by atoms with E-state index in [1.807, 2.05) is 0 Å². The summed E-state index contributed by atoms with van der Waals surface area (Å²) in [5.41, 5.74) is -1.91. The Labute approximate surface area is 154 Å². The van der Waals surface area contributed by atoms with Gasteiger partial charge in [0, 0.05) is 12.8 Å². The third kappa shape index (κ3) is 9.62. The van der Waals surface area contributed by atoms with Crippen LogP contribution in [0.1, 0.15) is 54.4 Å². The second-order valence-electron chi connectivity index (χ2n) is 6.58. The molecule has 0 aliphatic rings. The van der Waals surface area contributed by atoms with Crippen molar-refractivity contribution < 1.29 is 38.9 Å². The summed E-state index contributed by atoms with van der Waals surface area (Å²) in [7, 11) is 0. The molecule has 0 rings (SSSR count). The predicted octanol–water partition coefficient (Wildman–Crippen LogP) is 1.05. The van der Waals surface area contributed by atoms with Crippen molar-refractivity contribution in [1.82, 2.24) is 0 Å². The highest BCUT2D eigenvalue weighted by atomic mass is 16.5. The molecule has 0 saturated heterocycles. The minimum absolute atomic E-state index is 0.0501. The zero-order valence-corrected chi connectivity index (χ0v) is 16.6. The summed E-state index contributed by atoms with van der Waals surface area (Å²) in [5, 5.41) is 17.9. The molecule has 0 saturated carbocycles. The summed E-state index contributed by atoms with van der Waals surface area (Å²) in [6.07, 6.45) is 0.554. The topological polar surface area (TPSA) is 127 Å². The smallest absolute Gasteiger partial charge is 0.305 e. The molecule has 2 atom stereocenters. The molecule has 0 amide bonds. The van der Waals surface area contributed by atoms with Crippen LogP contribution in [0.4, 0.5) is 0 Å². The SMILES string of the molecule is CCC(=O)OC[C@@](C)(CO)C(C)=O.CCC(=O)OC[C@](C)(CO)C(C)=O. The molecule has 26 heavy (non-hydrogen) atoms. The van der Waals surface area contributed by atoms with Gasteiger partial charge in [0.2, 0.25) is 0 Å². The third-order valence-electron chi connectivity index (χ3n) is 4.08. The van der Waals surface area contributed by atoms with Crippen LogP contribution in [0, 0.1) is 10.8 Å². The van der Waals surface area contributed by atoms with Gasteiger partial charge in [-0.2, -0.15) is 0 Å². The Morgan fingerprint density at radius 2 is 1.00 bits per heavy atom. The molecule has 0 aromatic heterocycles. The van der Waals surface area contributed by atoms with E-state index < -0.39 is 10.8 Å². The van der Waals surface area contributed by atoms with Crippen LogP contribution in [0.5, 0.6) is 0 Å². The van der Waals surface area contributed by atoms with E-state index in [-0.39, 0.29) is 62.8 Å². The van der Waals surface area contributed by atoms with E-state index >= 15 is 0 Å². The van der Waals surface area contributed by atoms with E-state index in [4.69, 9.17) is 19.7 Å². The van der Waals surface area contributed by atoms with Crippen LogP contribution in [-0.2, 0) is 28.7 Å². The van der Waals surface area contributed by atoms with Gasteiger partial charge in [-0.25, -0.2) is 0 Å². The molecule has 0 bridgehead atoms. The lowest BCUT2D eigenvalue weighted by atomic mass is 9.88. The summed E-state index contributed by atoms with van der Waals surface area (Å²) < 4.78 is 9.58. The molecule has 8 nitrogen and oxygen atoms in total. The number of hydrogen-bond donors (Lipinski definition) is 2. The van der Waals surface area contributed by atoms with E-state index in [2.05, 4.69) is 0 Å². The average molecular weight is 376 g/mol. The maximum atomic E-state index is 11.0. The summed E-state index contributed by atoms with van der Waals surface area (Å²) in [5.74, 6) is -1.08. The van der Waals surface area contributed by atoms with Crippen molar-refractivity contribution in [3.8, 4) is 0 Å². The second-order valence-corrected chi connectivity index (χ2v) is 6.58. The number of rotatable bonds is 10. The highest BCUT2D eigenvalue weighted by Gasteiger charge is 2.31. The van der Waals surface area contributed by atoms with Crippen molar-refractivity contribution >= 4 is 23.5 Å². The first-order chi connectivity index (χ1) is 11.9. The van der Waals surface area contributed by atoms with Gasteiger partial charge in [0.1, 0.15) is 24.8 Å². The lowest BCUT2D eigenvalue weighted by Gasteiger charge is -2.23. The second kappa shape index (κ2) is 12.5. The largest absolute Gasteiger partial charge is 0.465 e. The number of hydrogen-bond acceptors (Lipinski definition) is 8. The van der Waals surface area contributed by atoms with Gasteiger partial charge in [-0.3, -0.25) is 19.2 Å². The molecule has 0 fully saturated rings. The fourth-order valence-corrected chi connectivity index (χ4v) is 1.20. The van der Waals surface area contributed by atoms with Gasteiger partial charge >= 0.3 is 11.9 Å². The Bertz CT molecular complexity index is 444. The maximum Gasteiger partial charge on any atom is 0.305 e. The number of carbonyl (C=O) groups is 4. The molecule has 2 N–H and O–H groups in total. The van der Waals surface area contributed by atoms with E-state index in [0.29, 0.717) is 0 Å². The number of Topliss-reactive ketones (excluding diaryl/α,β-unsaturated/α-hetero) is 2. The fourth-order valence-electron chi connectivity index (χ4n) is 1.20. The standard InChI is InChI=1S/2C9H16O4/c2*1-4-8(12)13-6-9(3,5-10)7(2)11/h2*10H,4-6H2,1-3H3/t2*9-/m10/s1. The Morgan fingerprint density at radius 3 is 1.15 bits per heavy atom. The van der Waals surface area contributed by atoms with Crippen LogP contribution >= 0.6 is 0 Å². The molecule has 0 spiro atoms. The molecule has 0 aliphatic carbocycles. The van der Waals surface area contributed by atoms with Crippen LogP contribution in [0.2, 0.25) is 0 Å². The van der Waals surface area contributed by atoms with Crippen LogP contribution in [-0.4, -0.2) is 60.1 Å². The van der Waals surface area contributed by atoms with Crippen LogP contribution in [0.25, 0.3) is 0 Å². The van der Waals surface area contributed by atoms with Crippen LogP contribution in [0.3, 0.4) is 0 Å². The number of carbonyl (C=O) groups excluding carboxylic acids is 4. The first kappa shape index (κ1) is 26.4. The average Bonchev–Trinajstić information content (AvgIpc) is 2.63. The van der Waals surface area contributed by atoms with E-state index in [0.717, 1.165) is 0 Å². The minimum Gasteiger partial charge on any atom is -0.465 e. The molecule has 0 unspecified atom stereocenters. The predicted molar refractivity (Wildman–Crippen MR) is 94.2 cm³/mol. The van der Waals surface area contributed by atoms with Crippen molar-refractivity contribution in [2.45, 2.75) is 54.4 Å². The molecule has 0 radical (unpaired) electrons. The summed E-state index contributed by atoms with van der Waals surface area (Å²) in [4.78, 5) is 43.7. The maximum absolute atomic E-state index is 11.0. The molecular weight excluding hydrogens is 344 g/mol. The monoisotopic (exact) mass is 376 g/mol. The van der Waals surface area contributed by atoms with Gasteiger partial charge in [-0.1, -0.05) is 13.8 Å². The van der Waals surface area contributed by atoms with Gasteiger partial charge in [0.15, 0.2) is 0 Å². The van der Waals surface area contributed by atoms with E-state index in [1.54, 1.807) is 27.7 Å². The first-order valence-corrected chi connectivity index (χ1v) is 8.47. The van der Waals surface area contributed by atoms with Gasteiger partial charge in [-0.15, -0.1) is 0 Å². The first-order valence-electron chi connectivity index (χ1n) is 8.47. The molecule has 0 aliphatic heterocycles. The number of ketones is 2. The normalized spacial score (nSPS) is 14.8. The highest BCUT2D eigenvalue weighted by Crippen LogP contribution is 2.18. The number of aliphatic hydroxyl groups is 2. The number of aliphatic hydroxyl groups excluding tert-OH is 2. The van der Waals surface area contributed by atoms with Crippen LogP contribution in [0.15, 0.2) is 0 Å². The van der Waals surface area contributed by atoms with Crippen molar-refractivity contribution in [2.24, 2.45) is 10.8 Å². The highest BCUT2D eigenvalue weighted by molar-refractivity contribution is 5.83. The third-order valence-corrected chi connectivity index (χ3v) is 4.08. The van der Waals surface area contributed by atoms with Crippen LogP contribution < -0.4 is 0 Å². The Balaban J connectivity index is 0. The Kier molecular flexibility index (Phi) is 12.7. The molecule has 0 heterocycles. The van der Waals surface area contributed by atoms with Gasteiger partial charge in [0.05, 0.1) is 24.0 Å². The lowest BCUT2D eigenvalue weighted by molar-refractivity contribution is -0.151. The van der Waals surface area contributed by atoms with Crippen molar-refractivity contribution in [3.05, 3.63) is 0 Å². The molecular formula is C18H32O8. The van der Waals surface area contributed by atoms with E-state index in [9.17, 15) is 19.2 Å². The molecule has 152 valence electrons. The fraction of sp³-hybridized carbons (Fsp3) is 0.778. The molecule has 0 aromatic carbocycles. The lowest BCUT2D eigenvalue weighted by Crippen LogP contribution is -2.35. The zero-order valence-electron chi connectivity index (χ0n) is 16.6. The number of ether oxygens (including phenoxy) is 2.